The normalized spacial score (nSPS) is 10.2. The third-order valence-corrected chi connectivity index (χ3v) is 3.57. The van der Waals surface area contributed by atoms with Gasteiger partial charge in [0.25, 0.3) is 0 Å². The van der Waals surface area contributed by atoms with Gasteiger partial charge in [-0.25, -0.2) is 9.97 Å². The van der Waals surface area contributed by atoms with Crippen LogP contribution < -0.4 is 15.4 Å². The van der Waals surface area contributed by atoms with Crippen LogP contribution in [0.25, 0.3) is 0 Å². The molecule has 1 aromatic carbocycles. The van der Waals surface area contributed by atoms with E-state index in [1.54, 1.807) is 31.6 Å². The van der Waals surface area contributed by atoms with Crippen molar-refractivity contribution in [2.75, 3.05) is 17.7 Å². The highest BCUT2D eigenvalue weighted by molar-refractivity contribution is 5.73. The molecule has 0 unspecified atom stereocenters. The van der Waals surface area contributed by atoms with Gasteiger partial charge in [0, 0.05) is 24.6 Å². The summed E-state index contributed by atoms with van der Waals surface area (Å²) in [4.78, 5) is 22.9. The average molecular weight is 352 g/mol. The maximum atomic E-state index is 11.5. The van der Waals surface area contributed by atoms with E-state index in [9.17, 15) is 10.1 Å². The van der Waals surface area contributed by atoms with E-state index in [1.807, 2.05) is 24.3 Å². The van der Waals surface area contributed by atoms with Crippen LogP contribution >= 0.6 is 0 Å². The number of pyridine rings is 1. The van der Waals surface area contributed by atoms with Crippen molar-refractivity contribution < 1.29 is 9.66 Å². The van der Waals surface area contributed by atoms with E-state index in [0.29, 0.717) is 12.2 Å². The molecule has 0 saturated carbocycles. The number of ether oxygens (including phenoxy) is 1. The Labute approximate surface area is 149 Å². The van der Waals surface area contributed by atoms with E-state index in [4.69, 9.17) is 4.74 Å². The molecular formula is C17H16N6O3. The molecule has 3 rings (SSSR count). The first kappa shape index (κ1) is 17.1. The zero-order chi connectivity index (χ0) is 18.4. The van der Waals surface area contributed by atoms with E-state index in [-0.39, 0.29) is 17.3 Å². The minimum Gasteiger partial charge on any atom is -0.497 e. The number of methoxy groups -OCH3 is 1. The van der Waals surface area contributed by atoms with Gasteiger partial charge >= 0.3 is 5.69 Å². The molecule has 9 heteroatoms. The minimum absolute atomic E-state index is 0.105. The number of nitro groups is 1. The van der Waals surface area contributed by atoms with E-state index in [2.05, 4.69) is 25.6 Å². The summed E-state index contributed by atoms with van der Waals surface area (Å²) in [5.41, 5.74) is 1.35. The third kappa shape index (κ3) is 4.01. The van der Waals surface area contributed by atoms with Gasteiger partial charge in [0.1, 0.15) is 12.1 Å². The van der Waals surface area contributed by atoms with Gasteiger partial charge in [0.15, 0.2) is 0 Å². The van der Waals surface area contributed by atoms with Crippen molar-refractivity contribution in [1.29, 1.82) is 0 Å². The van der Waals surface area contributed by atoms with Gasteiger partial charge in [-0.05, 0) is 29.8 Å². The van der Waals surface area contributed by atoms with Crippen molar-refractivity contribution in [3.05, 3.63) is 70.8 Å². The van der Waals surface area contributed by atoms with Gasteiger partial charge in [-0.15, -0.1) is 0 Å². The van der Waals surface area contributed by atoms with Crippen molar-refractivity contribution in [1.82, 2.24) is 15.0 Å². The Kier molecular flexibility index (Phi) is 5.18. The fourth-order valence-corrected chi connectivity index (χ4v) is 2.27. The summed E-state index contributed by atoms with van der Waals surface area (Å²) in [6.07, 6.45) is 4.43. The van der Waals surface area contributed by atoms with Crippen molar-refractivity contribution in [3.63, 3.8) is 0 Å². The number of nitrogens with one attached hydrogen (secondary N) is 2. The van der Waals surface area contributed by atoms with Gasteiger partial charge in [0.05, 0.1) is 12.0 Å². The maximum Gasteiger partial charge on any atom is 0.353 e. The number of hydrogen-bond donors (Lipinski definition) is 2. The second-order valence-electron chi connectivity index (χ2n) is 5.24. The Balaban J connectivity index is 1.82. The quantitative estimate of drug-likeness (QED) is 0.492. The van der Waals surface area contributed by atoms with Crippen LogP contribution in [-0.2, 0) is 6.54 Å². The van der Waals surface area contributed by atoms with Crippen molar-refractivity contribution in [2.24, 2.45) is 0 Å². The number of hydrogen-bond acceptors (Lipinski definition) is 8. The Morgan fingerprint density at radius 1 is 1.08 bits per heavy atom. The standard InChI is InChI=1S/C17H16N6O3/c1-26-14-4-2-12(3-5-14)10-19-16-15(23(24)25)17(21-11-20-16)22-13-6-8-18-9-7-13/h2-9,11H,10H2,1H3,(H2,18,19,20,21,22). The Hall–Kier alpha value is -3.75. The van der Waals surface area contributed by atoms with Crippen LogP contribution in [0.2, 0.25) is 0 Å². The highest BCUT2D eigenvalue weighted by Crippen LogP contribution is 2.31. The first-order chi connectivity index (χ1) is 12.7. The van der Waals surface area contributed by atoms with Crippen molar-refractivity contribution in [2.45, 2.75) is 6.54 Å². The second kappa shape index (κ2) is 7.88. The number of benzene rings is 1. The summed E-state index contributed by atoms with van der Waals surface area (Å²) in [5.74, 6) is 0.983. The van der Waals surface area contributed by atoms with Gasteiger partial charge in [-0.1, -0.05) is 12.1 Å². The molecule has 3 aromatic rings. The van der Waals surface area contributed by atoms with Crippen LogP contribution in [0.3, 0.4) is 0 Å². The molecule has 0 spiro atoms. The number of anilines is 3. The first-order valence-corrected chi connectivity index (χ1v) is 7.70. The van der Waals surface area contributed by atoms with Crippen LogP contribution in [0, 0.1) is 10.1 Å². The molecule has 9 nitrogen and oxygen atoms in total. The van der Waals surface area contributed by atoms with Gasteiger partial charge in [-0.3, -0.25) is 15.1 Å². The van der Waals surface area contributed by atoms with E-state index in [0.717, 1.165) is 11.3 Å². The molecule has 0 aliphatic rings. The largest absolute Gasteiger partial charge is 0.497 e. The van der Waals surface area contributed by atoms with E-state index >= 15 is 0 Å². The molecule has 26 heavy (non-hydrogen) atoms. The van der Waals surface area contributed by atoms with E-state index in [1.165, 1.54) is 6.33 Å². The Morgan fingerprint density at radius 3 is 2.42 bits per heavy atom. The summed E-state index contributed by atoms with van der Waals surface area (Å²) in [6, 6.07) is 10.8. The summed E-state index contributed by atoms with van der Waals surface area (Å²) in [6.45, 7) is 0.372. The van der Waals surface area contributed by atoms with Crippen LogP contribution in [0.5, 0.6) is 5.75 Å². The van der Waals surface area contributed by atoms with Crippen LogP contribution in [0.4, 0.5) is 23.0 Å². The lowest BCUT2D eigenvalue weighted by atomic mass is 10.2. The summed E-state index contributed by atoms with van der Waals surface area (Å²) in [5, 5.41) is 17.5. The molecule has 0 radical (unpaired) electrons. The maximum absolute atomic E-state index is 11.5. The number of aromatic nitrogens is 3. The van der Waals surface area contributed by atoms with Crippen molar-refractivity contribution in [3.8, 4) is 5.75 Å². The topological polar surface area (TPSA) is 115 Å². The molecule has 0 amide bonds. The molecule has 0 aliphatic carbocycles. The highest BCUT2D eigenvalue weighted by Gasteiger charge is 2.23. The Bertz CT molecular complexity index is 887. The summed E-state index contributed by atoms with van der Waals surface area (Å²) >= 11 is 0. The molecule has 0 saturated heterocycles. The van der Waals surface area contributed by atoms with Crippen LogP contribution in [-0.4, -0.2) is 27.0 Å². The Morgan fingerprint density at radius 2 is 1.77 bits per heavy atom. The zero-order valence-corrected chi connectivity index (χ0v) is 13.9. The molecular weight excluding hydrogens is 336 g/mol. The molecule has 0 fully saturated rings. The highest BCUT2D eigenvalue weighted by atomic mass is 16.6. The average Bonchev–Trinajstić information content (AvgIpc) is 2.67. The van der Waals surface area contributed by atoms with Gasteiger partial charge in [-0.2, -0.15) is 0 Å². The fourth-order valence-electron chi connectivity index (χ4n) is 2.27. The third-order valence-electron chi connectivity index (χ3n) is 3.57. The molecule has 132 valence electrons. The predicted molar refractivity (Wildman–Crippen MR) is 96.5 cm³/mol. The lowest BCUT2D eigenvalue weighted by Gasteiger charge is -2.10. The summed E-state index contributed by atoms with van der Waals surface area (Å²) < 4.78 is 5.11. The first-order valence-electron chi connectivity index (χ1n) is 7.70. The molecule has 0 bridgehead atoms. The molecule has 0 atom stereocenters. The van der Waals surface area contributed by atoms with Gasteiger partial charge < -0.3 is 15.4 Å². The van der Waals surface area contributed by atoms with Crippen LogP contribution in [0.1, 0.15) is 5.56 Å². The van der Waals surface area contributed by atoms with E-state index < -0.39 is 4.92 Å². The number of rotatable bonds is 7. The zero-order valence-electron chi connectivity index (χ0n) is 13.9. The lowest BCUT2D eigenvalue weighted by Crippen LogP contribution is -2.08. The van der Waals surface area contributed by atoms with Gasteiger partial charge in [0.2, 0.25) is 11.6 Å². The predicted octanol–water partition coefficient (Wildman–Crippen LogP) is 3.14. The molecule has 2 heterocycles. The summed E-state index contributed by atoms with van der Waals surface area (Å²) in [7, 11) is 1.59. The fraction of sp³-hybridized carbons (Fsp3) is 0.118. The molecule has 2 aromatic heterocycles. The monoisotopic (exact) mass is 352 g/mol. The lowest BCUT2D eigenvalue weighted by molar-refractivity contribution is -0.383. The number of nitrogens with zero attached hydrogens (tertiary/aromatic N) is 4. The smallest absolute Gasteiger partial charge is 0.353 e. The molecule has 2 N–H and O–H groups in total. The molecule has 0 aliphatic heterocycles. The van der Waals surface area contributed by atoms with Crippen molar-refractivity contribution >= 4 is 23.0 Å². The SMILES string of the molecule is COc1ccc(CNc2ncnc(Nc3ccncc3)c2[N+](=O)[O-])cc1. The minimum atomic E-state index is -0.514. The second-order valence-corrected chi connectivity index (χ2v) is 5.24. The van der Waals surface area contributed by atoms with Crippen LogP contribution in [0.15, 0.2) is 55.1 Å².